The first-order valence-corrected chi connectivity index (χ1v) is 16.5. The number of hydrogen-bond donors (Lipinski definition) is 0. The maximum Gasteiger partial charge on any atom is 0.0788 e. The second-order valence-electron chi connectivity index (χ2n) is 11.9. The summed E-state index contributed by atoms with van der Waals surface area (Å²) in [6.45, 7) is 0. The molecule has 0 unspecified atom stereocenters. The van der Waals surface area contributed by atoms with Gasteiger partial charge in [0.25, 0.3) is 0 Å². The van der Waals surface area contributed by atoms with Crippen LogP contribution in [0.15, 0.2) is 158 Å². The predicted molar refractivity (Wildman–Crippen MR) is 197 cm³/mol. The topological polar surface area (TPSA) is 17.8 Å². The SMILES string of the molecule is c1ccc(-c2nc3ccccc3c3c2ccc2c4cc(-c5ccccc5-n5c6ccccc6c6ccccc65)ccc4sc23)cc1. The molecule has 0 aliphatic heterocycles. The molecule has 3 heteroatoms. The van der Waals surface area contributed by atoms with Crippen molar-refractivity contribution in [2.75, 3.05) is 0 Å². The number of hydrogen-bond acceptors (Lipinski definition) is 2. The molecule has 10 aromatic rings. The number of thiophene rings is 1. The fraction of sp³-hybridized carbons (Fsp3) is 0. The second kappa shape index (κ2) is 9.87. The number of aromatic nitrogens is 2. The zero-order valence-corrected chi connectivity index (χ0v) is 25.6. The van der Waals surface area contributed by atoms with Gasteiger partial charge >= 0.3 is 0 Å². The smallest absolute Gasteiger partial charge is 0.0788 e. The highest BCUT2D eigenvalue weighted by atomic mass is 32.1. The van der Waals surface area contributed by atoms with Gasteiger partial charge < -0.3 is 4.57 Å². The van der Waals surface area contributed by atoms with Crippen LogP contribution in [-0.4, -0.2) is 9.55 Å². The number of benzene rings is 7. The molecule has 0 aliphatic carbocycles. The van der Waals surface area contributed by atoms with Crippen molar-refractivity contribution in [3.63, 3.8) is 0 Å². The van der Waals surface area contributed by atoms with E-state index in [9.17, 15) is 0 Å². The van der Waals surface area contributed by atoms with Gasteiger partial charge in [0.05, 0.1) is 27.9 Å². The number of pyridine rings is 1. The lowest BCUT2D eigenvalue weighted by atomic mass is 9.97. The van der Waals surface area contributed by atoms with E-state index in [0.29, 0.717) is 0 Å². The minimum atomic E-state index is 1.03. The van der Waals surface area contributed by atoms with E-state index in [1.807, 2.05) is 11.3 Å². The standard InChI is InChI=1S/C43H26N2S/c1-2-12-27(13-3-1)42-34-24-23-32-35-26-28(22-25-40(35)46-43(32)41(34)33-17-4-8-18-36(33)44-42)29-14-5-9-19-37(29)45-38-20-10-6-15-30(38)31-16-7-11-21-39(31)45/h1-26H. The van der Waals surface area contributed by atoms with E-state index in [0.717, 1.165) is 16.8 Å². The summed E-state index contributed by atoms with van der Waals surface area (Å²) < 4.78 is 5.03. The molecule has 0 saturated heterocycles. The fourth-order valence-electron chi connectivity index (χ4n) is 7.35. The molecule has 0 fully saturated rings. The summed E-state index contributed by atoms with van der Waals surface area (Å²) in [6.07, 6.45) is 0. The van der Waals surface area contributed by atoms with E-state index in [-0.39, 0.29) is 0 Å². The van der Waals surface area contributed by atoms with Crippen molar-refractivity contribution in [2.45, 2.75) is 0 Å². The van der Waals surface area contributed by atoms with Gasteiger partial charge in [-0.3, -0.25) is 0 Å². The molecule has 7 aromatic carbocycles. The van der Waals surface area contributed by atoms with Gasteiger partial charge in [0.15, 0.2) is 0 Å². The molecule has 0 spiro atoms. The highest BCUT2D eigenvalue weighted by molar-refractivity contribution is 7.26. The Kier molecular flexibility index (Phi) is 5.48. The normalized spacial score (nSPS) is 11.9. The summed E-state index contributed by atoms with van der Waals surface area (Å²) in [4.78, 5) is 5.17. The van der Waals surface area contributed by atoms with Gasteiger partial charge in [-0.1, -0.05) is 121 Å². The van der Waals surface area contributed by atoms with E-state index in [2.05, 4.69) is 162 Å². The third kappa shape index (κ3) is 3.67. The Hall–Kier alpha value is -5.77. The Morgan fingerprint density at radius 1 is 0.457 bits per heavy atom. The lowest BCUT2D eigenvalue weighted by Gasteiger charge is -2.14. The first kappa shape index (κ1) is 25.5. The average molecular weight is 603 g/mol. The fourth-order valence-corrected chi connectivity index (χ4v) is 8.59. The predicted octanol–water partition coefficient (Wildman–Crippen LogP) is 12.2. The molecule has 0 atom stereocenters. The second-order valence-corrected chi connectivity index (χ2v) is 13.0. The quantitative estimate of drug-likeness (QED) is 0.184. The first-order chi connectivity index (χ1) is 22.8. The van der Waals surface area contributed by atoms with Crippen LogP contribution in [0.4, 0.5) is 0 Å². The average Bonchev–Trinajstić information content (AvgIpc) is 3.67. The molecule has 0 aliphatic rings. The first-order valence-electron chi connectivity index (χ1n) is 15.6. The van der Waals surface area contributed by atoms with Crippen molar-refractivity contribution in [3.05, 3.63) is 158 Å². The number of nitrogens with zero attached hydrogens (tertiary/aromatic N) is 2. The Morgan fingerprint density at radius 2 is 1.11 bits per heavy atom. The summed E-state index contributed by atoms with van der Waals surface area (Å²) in [7, 11) is 0. The van der Waals surface area contributed by atoms with Crippen LogP contribution in [0.3, 0.4) is 0 Å². The zero-order chi connectivity index (χ0) is 30.2. The molecule has 0 bridgehead atoms. The minimum Gasteiger partial charge on any atom is -0.309 e. The van der Waals surface area contributed by atoms with Gasteiger partial charge in [0, 0.05) is 58.2 Å². The van der Waals surface area contributed by atoms with E-state index in [1.54, 1.807) is 0 Å². The molecule has 46 heavy (non-hydrogen) atoms. The maximum atomic E-state index is 5.17. The third-order valence-corrected chi connectivity index (χ3v) is 10.6. The highest BCUT2D eigenvalue weighted by Gasteiger charge is 2.18. The van der Waals surface area contributed by atoms with Crippen molar-refractivity contribution in [1.29, 1.82) is 0 Å². The Morgan fingerprint density at radius 3 is 1.91 bits per heavy atom. The van der Waals surface area contributed by atoms with Crippen LogP contribution < -0.4 is 0 Å². The molecule has 0 N–H and O–H groups in total. The largest absolute Gasteiger partial charge is 0.309 e. The summed E-state index contributed by atoms with van der Waals surface area (Å²) in [6, 6.07) is 57.0. The molecule has 3 heterocycles. The Labute approximate surface area is 269 Å². The molecular formula is C43H26N2S. The van der Waals surface area contributed by atoms with Gasteiger partial charge in [-0.15, -0.1) is 11.3 Å². The van der Waals surface area contributed by atoms with Crippen LogP contribution in [-0.2, 0) is 0 Å². The van der Waals surface area contributed by atoms with Crippen LogP contribution in [0.1, 0.15) is 0 Å². The van der Waals surface area contributed by atoms with Gasteiger partial charge in [-0.2, -0.15) is 0 Å². The van der Waals surface area contributed by atoms with Crippen molar-refractivity contribution in [2.24, 2.45) is 0 Å². The van der Waals surface area contributed by atoms with Gasteiger partial charge in [-0.25, -0.2) is 4.98 Å². The van der Waals surface area contributed by atoms with Crippen molar-refractivity contribution in [1.82, 2.24) is 9.55 Å². The molecule has 3 aromatic heterocycles. The molecular weight excluding hydrogens is 577 g/mol. The minimum absolute atomic E-state index is 1.03. The van der Waals surface area contributed by atoms with Crippen LogP contribution in [0.2, 0.25) is 0 Å². The number of fused-ring (bicyclic) bond motifs is 10. The van der Waals surface area contributed by atoms with Crippen LogP contribution in [0.25, 0.3) is 91.7 Å². The lowest BCUT2D eigenvalue weighted by Crippen LogP contribution is -1.96. The lowest BCUT2D eigenvalue weighted by molar-refractivity contribution is 1.18. The molecule has 2 nitrogen and oxygen atoms in total. The van der Waals surface area contributed by atoms with Crippen molar-refractivity contribution >= 4 is 75.0 Å². The van der Waals surface area contributed by atoms with E-state index in [4.69, 9.17) is 4.98 Å². The van der Waals surface area contributed by atoms with Gasteiger partial charge in [-0.05, 0) is 42.0 Å². The van der Waals surface area contributed by atoms with Crippen LogP contribution in [0.5, 0.6) is 0 Å². The summed E-state index contributed by atoms with van der Waals surface area (Å²) in [5.41, 5.74) is 9.27. The van der Waals surface area contributed by atoms with E-state index < -0.39 is 0 Å². The molecule has 0 saturated carbocycles. The van der Waals surface area contributed by atoms with E-state index >= 15 is 0 Å². The number of rotatable bonds is 3. The monoisotopic (exact) mass is 602 g/mol. The zero-order valence-electron chi connectivity index (χ0n) is 24.8. The maximum absolute atomic E-state index is 5.17. The number of para-hydroxylation sites is 4. The summed E-state index contributed by atoms with van der Waals surface area (Å²) >= 11 is 1.89. The molecule has 0 amide bonds. The van der Waals surface area contributed by atoms with Gasteiger partial charge in [0.1, 0.15) is 0 Å². The molecule has 0 radical (unpaired) electrons. The summed E-state index contributed by atoms with van der Waals surface area (Å²) in [5, 5.41) is 8.81. The molecule has 10 rings (SSSR count). The Bertz CT molecular complexity index is 2750. The molecule has 214 valence electrons. The highest BCUT2D eigenvalue weighted by Crippen LogP contribution is 2.45. The third-order valence-electron chi connectivity index (χ3n) is 9.38. The van der Waals surface area contributed by atoms with Crippen LogP contribution >= 0.6 is 11.3 Å². The summed E-state index contributed by atoms with van der Waals surface area (Å²) in [5.74, 6) is 0. The van der Waals surface area contributed by atoms with Crippen molar-refractivity contribution in [3.8, 4) is 28.1 Å². The Balaban J connectivity index is 1.24. The van der Waals surface area contributed by atoms with Crippen LogP contribution in [0, 0.1) is 0 Å². The van der Waals surface area contributed by atoms with E-state index in [1.165, 1.54) is 75.0 Å². The van der Waals surface area contributed by atoms with Crippen molar-refractivity contribution < 1.29 is 0 Å². The van der Waals surface area contributed by atoms with Gasteiger partial charge in [0.2, 0.25) is 0 Å².